The molecule has 0 aromatic heterocycles. The monoisotopic (exact) mass is 226 g/mol. The summed E-state index contributed by atoms with van der Waals surface area (Å²) in [5, 5.41) is 12.6. The predicted octanol–water partition coefficient (Wildman–Crippen LogP) is 4.23. The number of aliphatic hydroxyl groups excluding tert-OH is 1. The minimum absolute atomic E-state index is 0.374. The van der Waals surface area contributed by atoms with Crippen LogP contribution in [0.2, 0.25) is 0 Å². The Bertz CT molecular complexity index is 496. The molecule has 0 amide bonds. The molecule has 0 radical (unpaired) electrons. The number of benzene rings is 2. The van der Waals surface area contributed by atoms with Crippen molar-refractivity contribution in [2.75, 3.05) is 0 Å². The first-order chi connectivity index (χ1) is 8.33. The molecule has 2 aromatic rings. The van der Waals surface area contributed by atoms with Gasteiger partial charge in [0.25, 0.3) is 0 Å². The third-order valence-corrected chi connectivity index (χ3v) is 3.07. The predicted molar refractivity (Wildman–Crippen MR) is 73.0 cm³/mol. The quantitative estimate of drug-likeness (QED) is 0.597. The van der Waals surface area contributed by atoms with Crippen molar-refractivity contribution in [1.82, 2.24) is 0 Å². The largest absolute Gasteiger partial charge is 0.388 e. The molecule has 0 bridgehead atoms. The summed E-state index contributed by atoms with van der Waals surface area (Å²) in [7, 11) is 0. The molecule has 17 heavy (non-hydrogen) atoms. The van der Waals surface area contributed by atoms with E-state index in [0.29, 0.717) is 0 Å². The van der Waals surface area contributed by atoms with Gasteiger partial charge in [-0.1, -0.05) is 48.5 Å². The lowest BCUT2D eigenvalue weighted by molar-refractivity contribution is 0.166. The van der Waals surface area contributed by atoms with Gasteiger partial charge in [-0.25, -0.2) is 0 Å². The summed E-state index contributed by atoms with van der Waals surface area (Å²) < 4.78 is 0. The molecular formula is C16H18O. The SMILES string of the molecule is C=CCCCC(O)c1cccc2ccccc12. The third-order valence-electron chi connectivity index (χ3n) is 3.07. The van der Waals surface area contributed by atoms with Crippen molar-refractivity contribution >= 4 is 10.8 Å². The highest BCUT2D eigenvalue weighted by atomic mass is 16.3. The van der Waals surface area contributed by atoms with Crippen LogP contribution in [0, 0.1) is 0 Å². The maximum Gasteiger partial charge on any atom is 0.0796 e. The van der Waals surface area contributed by atoms with E-state index < -0.39 is 0 Å². The van der Waals surface area contributed by atoms with Crippen molar-refractivity contribution in [3.63, 3.8) is 0 Å². The highest BCUT2D eigenvalue weighted by molar-refractivity contribution is 5.85. The second-order valence-corrected chi connectivity index (χ2v) is 4.30. The van der Waals surface area contributed by atoms with E-state index in [0.717, 1.165) is 30.2 Å². The smallest absolute Gasteiger partial charge is 0.0796 e. The lowest BCUT2D eigenvalue weighted by Crippen LogP contribution is -1.98. The van der Waals surface area contributed by atoms with Crippen molar-refractivity contribution in [1.29, 1.82) is 0 Å². The van der Waals surface area contributed by atoms with Crippen LogP contribution < -0.4 is 0 Å². The minimum atomic E-state index is -0.374. The molecule has 0 fully saturated rings. The summed E-state index contributed by atoms with van der Waals surface area (Å²) in [5.74, 6) is 0. The molecule has 0 spiro atoms. The van der Waals surface area contributed by atoms with Gasteiger partial charge in [-0.05, 0) is 35.6 Å². The van der Waals surface area contributed by atoms with Crippen LogP contribution in [0.4, 0.5) is 0 Å². The molecule has 0 saturated heterocycles. The Labute approximate surface area is 102 Å². The molecule has 1 unspecified atom stereocenters. The zero-order valence-corrected chi connectivity index (χ0v) is 9.97. The Morgan fingerprint density at radius 3 is 2.71 bits per heavy atom. The summed E-state index contributed by atoms with van der Waals surface area (Å²) >= 11 is 0. The molecule has 2 aromatic carbocycles. The number of hydrogen-bond acceptors (Lipinski definition) is 1. The van der Waals surface area contributed by atoms with Crippen LogP contribution in [0.25, 0.3) is 10.8 Å². The second-order valence-electron chi connectivity index (χ2n) is 4.30. The molecule has 2 rings (SSSR count). The molecule has 0 heterocycles. The fraction of sp³-hybridized carbons (Fsp3) is 0.250. The fourth-order valence-corrected chi connectivity index (χ4v) is 2.15. The van der Waals surface area contributed by atoms with Gasteiger partial charge < -0.3 is 5.11 Å². The number of aliphatic hydroxyl groups is 1. The van der Waals surface area contributed by atoms with Gasteiger partial charge in [-0.15, -0.1) is 6.58 Å². The van der Waals surface area contributed by atoms with Crippen LogP contribution >= 0.6 is 0 Å². The number of allylic oxidation sites excluding steroid dienone is 1. The molecular weight excluding hydrogens is 208 g/mol. The maximum absolute atomic E-state index is 10.2. The number of hydrogen-bond donors (Lipinski definition) is 1. The van der Waals surface area contributed by atoms with E-state index in [-0.39, 0.29) is 6.10 Å². The highest BCUT2D eigenvalue weighted by Crippen LogP contribution is 2.27. The molecule has 88 valence electrons. The van der Waals surface area contributed by atoms with E-state index in [1.54, 1.807) is 0 Å². The van der Waals surface area contributed by atoms with Crippen LogP contribution in [-0.4, -0.2) is 5.11 Å². The van der Waals surface area contributed by atoms with Gasteiger partial charge in [0, 0.05) is 0 Å². The fourth-order valence-electron chi connectivity index (χ4n) is 2.15. The van der Waals surface area contributed by atoms with Crippen molar-refractivity contribution in [3.05, 3.63) is 60.7 Å². The zero-order chi connectivity index (χ0) is 12.1. The van der Waals surface area contributed by atoms with E-state index in [4.69, 9.17) is 0 Å². The highest BCUT2D eigenvalue weighted by Gasteiger charge is 2.09. The van der Waals surface area contributed by atoms with E-state index >= 15 is 0 Å². The Morgan fingerprint density at radius 1 is 1.12 bits per heavy atom. The van der Waals surface area contributed by atoms with Crippen LogP contribution in [0.1, 0.15) is 30.9 Å². The van der Waals surface area contributed by atoms with Gasteiger partial charge in [0.15, 0.2) is 0 Å². The van der Waals surface area contributed by atoms with Crippen molar-refractivity contribution in [3.8, 4) is 0 Å². The van der Waals surface area contributed by atoms with Gasteiger partial charge >= 0.3 is 0 Å². The molecule has 0 saturated carbocycles. The summed E-state index contributed by atoms with van der Waals surface area (Å²) in [6.07, 6.45) is 4.26. The summed E-state index contributed by atoms with van der Waals surface area (Å²) in [6, 6.07) is 14.3. The van der Waals surface area contributed by atoms with E-state index in [1.165, 1.54) is 5.39 Å². The lowest BCUT2D eigenvalue weighted by Gasteiger charge is -2.13. The average molecular weight is 226 g/mol. The Hall–Kier alpha value is -1.60. The van der Waals surface area contributed by atoms with Crippen molar-refractivity contribution in [2.45, 2.75) is 25.4 Å². The third kappa shape index (κ3) is 2.75. The molecule has 0 aliphatic rings. The average Bonchev–Trinajstić information content (AvgIpc) is 2.38. The summed E-state index contributed by atoms with van der Waals surface area (Å²) in [4.78, 5) is 0. The molecule has 0 aliphatic heterocycles. The van der Waals surface area contributed by atoms with Crippen molar-refractivity contribution in [2.24, 2.45) is 0 Å². The minimum Gasteiger partial charge on any atom is -0.388 e. The lowest BCUT2D eigenvalue weighted by atomic mass is 9.97. The van der Waals surface area contributed by atoms with Crippen molar-refractivity contribution < 1.29 is 5.11 Å². The van der Waals surface area contributed by atoms with Crippen LogP contribution in [0.3, 0.4) is 0 Å². The Kier molecular flexibility index (Phi) is 3.94. The maximum atomic E-state index is 10.2. The van der Waals surface area contributed by atoms with Crippen LogP contribution in [0.15, 0.2) is 55.1 Å². The van der Waals surface area contributed by atoms with E-state index in [9.17, 15) is 5.11 Å². The number of unbranched alkanes of at least 4 members (excludes halogenated alkanes) is 1. The molecule has 1 N–H and O–H groups in total. The van der Waals surface area contributed by atoms with E-state index in [1.807, 2.05) is 30.3 Å². The van der Waals surface area contributed by atoms with Gasteiger partial charge in [-0.3, -0.25) is 0 Å². The first kappa shape index (κ1) is 11.9. The van der Waals surface area contributed by atoms with Crippen LogP contribution in [0.5, 0.6) is 0 Å². The van der Waals surface area contributed by atoms with Gasteiger partial charge in [-0.2, -0.15) is 0 Å². The molecule has 1 heteroatoms. The molecule has 0 aliphatic carbocycles. The molecule has 1 atom stereocenters. The molecule has 1 nitrogen and oxygen atoms in total. The second kappa shape index (κ2) is 5.65. The Morgan fingerprint density at radius 2 is 1.88 bits per heavy atom. The Balaban J connectivity index is 2.25. The van der Waals surface area contributed by atoms with Crippen LogP contribution in [-0.2, 0) is 0 Å². The standard InChI is InChI=1S/C16H18O/c1-2-3-4-12-16(17)15-11-7-9-13-8-5-6-10-14(13)15/h2,5-11,16-17H,1,3-4,12H2. The van der Waals surface area contributed by atoms with Gasteiger partial charge in [0.2, 0.25) is 0 Å². The normalized spacial score (nSPS) is 12.5. The van der Waals surface area contributed by atoms with E-state index in [2.05, 4.69) is 24.8 Å². The number of rotatable bonds is 5. The topological polar surface area (TPSA) is 20.2 Å². The first-order valence-corrected chi connectivity index (χ1v) is 6.09. The van der Waals surface area contributed by atoms with Gasteiger partial charge in [0.1, 0.15) is 0 Å². The number of fused-ring (bicyclic) bond motifs is 1. The summed E-state index contributed by atoms with van der Waals surface area (Å²) in [6.45, 7) is 3.70. The van der Waals surface area contributed by atoms with Gasteiger partial charge in [0.05, 0.1) is 6.10 Å². The summed E-state index contributed by atoms with van der Waals surface area (Å²) in [5.41, 5.74) is 1.03. The zero-order valence-electron chi connectivity index (χ0n) is 9.97. The first-order valence-electron chi connectivity index (χ1n) is 6.09.